The summed E-state index contributed by atoms with van der Waals surface area (Å²) in [5, 5.41) is 3.09. The van der Waals surface area contributed by atoms with E-state index in [0.29, 0.717) is 0 Å². The number of hydrogen-bond acceptors (Lipinski definition) is 2. The molecule has 0 radical (unpaired) electrons. The van der Waals surface area contributed by atoms with Gasteiger partial charge in [-0.25, -0.2) is 4.39 Å². The van der Waals surface area contributed by atoms with Crippen molar-refractivity contribution in [2.45, 2.75) is 46.3 Å². The molecule has 0 aliphatic heterocycles. The summed E-state index contributed by atoms with van der Waals surface area (Å²) in [6, 6.07) is -0.206. The van der Waals surface area contributed by atoms with Crippen LogP contribution in [0.2, 0.25) is 0 Å². The maximum atomic E-state index is 14.4. The molecular formula is C10H23FN2. The van der Waals surface area contributed by atoms with Gasteiger partial charge in [0.15, 0.2) is 0 Å². The SMILES string of the molecule is CCNC(C)C(F)(CN)C(C)(C)C. The number of rotatable bonds is 4. The topological polar surface area (TPSA) is 38.0 Å². The average Bonchev–Trinajstić information content (AvgIpc) is 2.01. The van der Waals surface area contributed by atoms with Gasteiger partial charge in [0.05, 0.1) is 0 Å². The molecule has 3 N–H and O–H groups in total. The number of halogens is 1. The Morgan fingerprint density at radius 3 is 2.08 bits per heavy atom. The molecule has 0 aliphatic rings. The molecule has 0 amide bonds. The van der Waals surface area contributed by atoms with Crippen molar-refractivity contribution in [1.29, 1.82) is 0 Å². The summed E-state index contributed by atoms with van der Waals surface area (Å²) >= 11 is 0. The Labute approximate surface area is 81.1 Å². The second-order valence-electron chi connectivity index (χ2n) is 4.60. The molecule has 0 fully saturated rings. The van der Waals surface area contributed by atoms with Gasteiger partial charge in [-0.1, -0.05) is 27.7 Å². The predicted octanol–water partition coefficient (Wildman–Crippen LogP) is 1.70. The van der Waals surface area contributed by atoms with Crippen molar-refractivity contribution in [1.82, 2.24) is 5.32 Å². The van der Waals surface area contributed by atoms with Gasteiger partial charge in [-0.2, -0.15) is 0 Å². The molecule has 13 heavy (non-hydrogen) atoms. The van der Waals surface area contributed by atoms with E-state index in [1.54, 1.807) is 0 Å². The van der Waals surface area contributed by atoms with Crippen molar-refractivity contribution in [2.75, 3.05) is 13.1 Å². The van der Waals surface area contributed by atoms with E-state index in [9.17, 15) is 4.39 Å². The predicted molar refractivity (Wildman–Crippen MR) is 55.5 cm³/mol. The van der Waals surface area contributed by atoms with Gasteiger partial charge >= 0.3 is 0 Å². The Kier molecular flexibility index (Phi) is 4.33. The molecule has 0 aromatic heterocycles. The van der Waals surface area contributed by atoms with Crippen molar-refractivity contribution in [3.8, 4) is 0 Å². The molecule has 80 valence electrons. The summed E-state index contributed by atoms with van der Waals surface area (Å²) < 4.78 is 14.4. The van der Waals surface area contributed by atoms with Gasteiger partial charge < -0.3 is 11.1 Å². The fraction of sp³-hybridized carbons (Fsp3) is 1.00. The van der Waals surface area contributed by atoms with Crippen molar-refractivity contribution in [3.05, 3.63) is 0 Å². The van der Waals surface area contributed by atoms with Crippen LogP contribution in [0.1, 0.15) is 34.6 Å². The summed E-state index contributed by atoms with van der Waals surface area (Å²) in [7, 11) is 0. The minimum absolute atomic E-state index is 0.0602. The van der Waals surface area contributed by atoms with E-state index < -0.39 is 11.1 Å². The van der Waals surface area contributed by atoms with Crippen molar-refractivity contribution < 1.29 is 4.39 Å². The van der Waals surface area contributed by atoms with Crippen molar-refractivity contribution in [2.24, 2.45) is 11.1 Å². The minimum Gasteiger partial charge on any atom is -0.327 e. The Morgan fingerprint density at radius 1 is 1.38 bits per heavy atom. The van der Waals surface area contributed by atoms with Crippen molar-refractivity contribution >= 4 is 0 Å². The first kappa shape index (κ1) is 12.8. The number of hydrogen-bond donors (Lipinski definition) is 2. The Hall–Kier alpha value is -0.150. The highest BCUT2D eigenvalue weighted by molar-refractivity contribution is 4.99. The van der Waals surface area contributed by atoms with E-state index in [1.807, 2.05) is 34.6 Å². The van der Waals surface area contributed by atoms with Gasteiger partial charge in [0.1, 0.15) is 5.67 Å². The third-order valence-corrected chi connectivity index (χ3v) is 2.74. The quantitative estimate of drug-likeness (QED) is 0.708. The standard InChI is InChI=1S/C10H23FN2/c1-6-13-8(2)10(11,7-12)9(3,4)5/h8,13H,6-7,12H2,1-5H3. The van der Waals surface area contributed by atoms with Gasteiger partial charge in [0.2, 0.25) is 0 Å². The maximum absolute atomic E-state index is 14.4. The van der Waals surface area contributed by atoms with Gasteiger partial charge in [-0.05, 0) is 18.9 Å². The van der Waals surface area contributed by atoms with Gasteiger partial charge in [-0.15, -0.1) is 0 Å². The minimum atomic E-state index is -1.34. The van der Waals surface area contributed by atoms with E-state index >= 15 is 0 Å². The van der Waals surface area contributed by atoms with Gasteiger partial charge in [0, 0.05) is 12.6 Å². The zero-order valence-corrected chi connectivity index (χ0v) is 9.45. The molecule has 0 aromatic rings. The molecule has 0 spiro atoms. The van der Waals surface area contributed by atoms with E-state index in [4.69, 9.17) is 5.73 Å². The second kappa shape index (κ2) is 4.38. The first-order valence-electron chi connectivity index (χ1n) is 4.92. The van der Waals surface area contributed by atoms with Crippen LogP contribution in [0.5, 0.6) is 0 Å². The Balaban J connectivity index is 4.62. The summed E-state index contributed by atoms with van der Waals surface area (Å²) in [5.41, 5.74) is 3.74. The van der Waals surface area contributed by atoms with E-state index in [0.717, 1.165) is 6.54 Å². The summed E-state index contributed by atoms with van der Waals surface area (Å²) in [6.45, 7) is 10.3. The lowest BCUT2D eigenvalue weighted by atomic mass is 9.74. The third kappa shape index (κ3) is 2.64. The van der Waals surface area contributed by atoms with Crippen molar-refractivity contribution in [3.63, 3.8) is 0 Å². The first-order chi connectivity index (χ1) is 5.79. The number of nitrogens with two attached hydrogens (primary N) is 1. The third-order valence-electron chi connectivity index (χ3n) is 2.74. The molecule has 0 saturated carbocycles. The van der Waals surface area contributed by atoms with E-state index in [1.165, 1.54) is 0 Å². The average molecular weight is 190 g/mol. The Bertz CT molecular complexity index is 153. The van der Waals surface area contributed by atoms with Crippen LogP contribution in [0.4, 0.5) is 4.39 Å². The molecule has 0 aromatic carbocycles. The molecular weight excluding hydrogens is 167 g/mol. The molecule has 0 saturated heterocycles. The maximum Gasteiger partial charge on any atom is 0.142 e. The van der Waals surface area contributed by atoms with Crippen LogP contribution in [0, 0.1) is 5.41 Å². The molecule has 2 nitrogen and oxygen atoms in total. The Morgan fingerprint density at radius 2 is 1.85 bits per heavy atom. The van der Waals surface area contributed by atoms with Crippen LogP contribution >= 0.6 is 0 Å². The largest absolute Gasteiger partial charge is 0.327 e. The fourth-order valence-corrected chi connectivity index (χ4v) is 1.60. The fourth-order valence-electron chi connectivity index (χ4n) is 1.60. The molecule has 0 rings (SSSR count). The highest BCUT2D eigenvalue weighted by Crippen LogP contribution is 2.36. The van der Waals surface area contributed by atoms with Crippen LogP contribution in [-0.4, -0.2) is 24.8 Å². The van der Waals surface area contributed by atoms with Crippen LogP contribution < -0.4 is 11.1 Å². The lowest BCUT2D eigenvalue weighted by Gasteiger charge is -2.41. The molecule has 3 heteroatoms. The second-order valence-corrected chi connectivity index (χ2v) is 4.60. The zero-order valence-electron chi connectivity index (χ0n) is 9.45. The monoisotopic (exact) mass is 190 g/mol. The van der Waals surface area contributed by atoms with Crippen LogP contribution in [0.3, 0.4) is 0 Å². The van der Waals surface area contributed by atoms with E-state index in [-0.39, 0.29) is 12.6 Å². The van der Waals surface area contributed by atoms with Gasteiger partial charge in [-0.3, -0.25) is 0 Å². The molecule has 0 bridgehead atoms. The molecule has 0 heterocycles. The van der Waals surface area contributed by atoms with Crippen LogP contribution in [0.25, 0.3) is 0 Å². The van der Waals surface area contributed by atoms with E-state index in [2.05, 4.69) is 5.32 Å². The van der Waals surface area contributed by atoms with Crippen LogP contribution in [-0.2, 0) is 0 Å². The number of alkyl halides is 1. The summed E-state index contributed by atoms with van der Waals surface area (Å²) in [5.74, 6) is 0. The molecule has 2 unspecified atom stereocenters. The summed E-state index contributed by atoms with van der Waals surface area (Å²) in [6.07, 6.45) is 0. The van der Waals surface area contributed by atoms with Gasteiger partial charge in [0.25, 0.3) is 0 Å². The zero-order chi connectivity index (χ0) is 10.7. The normalized spacial score (nSPS) is 19.6. The highest BCUT2D eigenvalue weighted by Gasteiger charge is 2.45. The lowest BCUT2D eigenvalue weighted by Crippen LogP contribution is -2.58. The lowest BCUT2D eigenvalue weighted by molar-refractivity contribution is 0.00616. The highest BCUT2D eigenvalue weighted by atomic mass is 19.1. The summed E-state index contributed by atoms with van der Waals surface area (Å²) in [4.78, 5) is 0. The number of nitrogens with one attached hydrogen (secondary N) is 1. The first-order valence-corrected chi connectivity index (χ1v) is 4.92. The molecule has 0 aliphatic carbocycles. The van der Waals surface area contributed by atoms with Crippen LogP contribution in [0.15, 0.2) is 0 Å². The molecule has 2 atom stereocenters. The smallest absolute Gasteiger partial charge is 0.142 e.